The minimum Gasteiger partial charge on any atom is -0.388 e. The van der Waals surface area contributed by atoms with Crippen LogP contribution in [-0.4, -0.2) is 26.3 Å². The summed E-state index contributed by atoms with van der Waals surface area (Å²) in [5, 5.41) is 7.08. The van der Waals surface area contributed by atoms with Crippen LogP contribution in [0.4, 0.5) is 0 Å². The third-order valence-electron chi connectivity index (χ3n) is 2.11. The lowest BCUT2D eigenvalue weighted by Crippen LogP contribution is -2.08. The van der Waals surface area contributed by atoms with Gasteiger partial charge >= 0.3 is 0 Å². The van der Waals surface area contributed by atoms with Gasteiger partial charge in [0, 0.05) is 17.6 Å². The minimum atomic E-state index is -3.11. The van der Waals surface area contributed by atoms with E-state index in [1.165, 1.54) is 6.26 Å². The standard InChI is InChI=1S/C11H16N2O2S2/c1-17(14,15)10-6-4-9(5-7-10)16-8-2-3-11(12)13/h4-7H,2-3,8H2,1H3,(H3,12,13). The van der Waals surface area contributed by atoms with Crippen molar-refractivity contribution in [2.24, 2.45) is 5.73 Å². The number of nitrogens with one attached hydrogen (secondary N) is 1. The second kappa shape index (κ2) is 6.07. The van der Waals surface area contributed by atoms with Gasteiger partial charge in [-0.1, -0.05) is 0 Å². The Bertz CT molecular complexity index is 481. The Hall–Kier alpha value is -1.01. The summed E-state index contributed by atoms with van der Waals surface area (Å²) in [5.41, 5.74) is 5.25. The van der Waals surface area contributed by atoms with Crippen molar-refractivity contribution in [3.63, 3.8) is 0 Å². The molecule has 94 valence electrons. The Labute approximate surface area is 106 Å². The summed E-state index contributed by atoms with van der Waals surface area (Å²) in [4.78, 5) is 1.37. The van der Waals surface area contributed by atoms with Crippen LogP contribution in [0.2, 0.25) is 0 Å². The van der Waals surface area contributed by atoms with Crippen molar-refractivity contribution in [2.75, 3.05) is 12.0 Å². The summed E-state index contributed by atoms with van der Waals surface area (Å²) < 4.78 is 22.5. The maximum absolute atomic E-state index is 11.2. The van der Waals surface area contributed by atoms with Crippen LogP contribution in [0.5, 0.6) is 0 Å². The SMILES string of the molecule is CS(=O)(=O)c1ccc(SCCCC(=N)N)cc1. The first kappa shape index (κ1) is 14.1. The minimum absolute atomic E-state index is 0.207. The van der Waals surface area contributed by atoms with Gasteiger partial charge in [0.05, 0.1) is 10.7 Å². The summed E-state index contributed by atoms with van der Waals surface area (Å²) in [5.74, 6) is 1.08. The van der Waals surface area contributed by atoms with Crippen LogP contribution in [0.3, 0.4) is 0 Å². The van der Waals surface area contributed by atoms with E-state index in [9.17, 15) is 8.42 Å². The Balaban J connectivity index is 2.49. The van der Waals surface area contributed by atoms with E-state index in [-0.39, 0.29) is 5.84 Å². The smallest absolute Gasteiger partial charge is 0.175 e. The van der Waals surface area contributed by atoms with Crippen LogP contribution in [0.15, 0.2) is 34.1 Å². The zero-order valence-corrected chi connectivity index (χ0v) is 11.3. The molecule has 0 spiro atoms. The van der Waals surface area contributed by atoms with Crippen molar-refractivity contribution in [3.8, 4) is 0 Å². The molecule has 1 aromatic carbocycles. The molecule has 4 nitrogen and oxygen atoms in total. The Kier molecular flexibility index (Phi) is 5.02. The van der Waals surface area contributed by atoms with Gasteiger partial charge in [0.25, 0.3) is 0 Å². The molecule has 0 saturated heterocycles. The third-order valence-corrected chi connectivity index (χ3v) is 4.34. The van der Waals surface area contributed by atoms with E-state index in [0.29, 0.717) is 11.3 Å². The van der Waals surface area contributed by atoms with Crippen molar-refractivity contribution in [2.45, 2.75) is 22.6 Å². The van der Waals surface area contributed by atoms with Crippen LogP contribution in [0.1, 0.15) is 12.8 Å². The molecule has 0 bridgehead atoms. The largest absolute Gasteiger partial charge is 0.388 e. The first-order chi connectivity index (χ1) is 7.89. The fraction of sp³-hybridized carbons (Fsp3) is 0.364. The van der Waals surface area contributed by atoms with Crippen molar-refractivity contribution >= 4 is 27.4 Å². The third kappa shape index (κ3) is 5.23. The second-order valence-corrected chi connectivity index (χ2v) is 6.90. The predicted octanol–water partition coefficient (Wildman–Crippen LogP) is 1.90. The van der Waals surface area contributed by atoms with E-state index in [1.54, 1.807) is 36.0 Å². The Morgan fingerprint density at radius 2 is 1.94 bits per heavy atom. The number of sulfone groups is 1. The van der Waals surface area contributed by atoms with Crippen LogP contribution >= 0.6 is 11.8 Å². The molecule has 17 heavy (non-hydrogen) atoms. The summed E-state index contributed by atoms with van der Waals surface area (Å²) in [6.07, 6.45) is 2.66. The maximum Gasteiger partial charge on any atom is 0.175 e. The maximum atomic E-state index is 11.2. The highest BCUT2D eigenvalue weighted by molar-refractivity contribution is 7.99. The first-order valence-corrected chi connectivity index (χ1v) is 8.03. The predicted molar refractivity (Wildman–Crippen MR) is 71.4 cm³/mol. The molecule has 1 aromatic rings. The van der Waals surface area contributed by atoms with Gasteiger partial charge in [0.15, 0.2) is 9.84 Å². The van der Waals surface area contributed by atoms with Crippen LogP contribution in [-0.2, 0) is 9.84 Å². The molecule has 0 amide bonds. The lowest BCUT2D eigenvalue weighted by Gasteiger charge is -2.03. The van der Waals surface area contributed by atoms with E-state index in [4.69, 9.17) is 11.1 Å². The Morgan fingerprint density at radius 3 is 2.41 bits per heavy atom. The average molecular weight is 272 g/mol. The average Bonchev–Trinajstić information content (AvgIpc) is 2.23. The fourth-order valence-corrected chi connectivity index (χ4v) is 2.72. The molecule has 0 heterocycles. The number of rotatable bonds is 6. The van der Waals surface area contributed by atoms with Crippen molar-refractivity contribution in [1.82, 2.24) is 0 Å². The van der Waals surface area contributed by atoms with Gasteiger partial charge in [0.1, 0.15) is 0 Å². The highest BCUT2D eigenvalue weighted by Crippen LogP contribution is 2.21. The van der Waals surface area contributed by atoms with Gasteiger partial charge in [-0.25, -0.2) is 8.42 Å². The zero-order valence-electron chi connectivity index (χ0n) is 9.64. The van der Waals surface area contributed by atoms with E-state index in [0.717, 1.165) is 17.1 Å². The molecule has 0 aromatic heterocycles. The van der Waals surface area contributed by atoms with Gasteiger partial charge in [-0.2, -0.15) is 0 Å². The molecule has 0 aliphatic rings. The summed E-state index contributed by atoms with van der Waals surface area (Å²) in [6, 6.07) is 6.83. The number of hydrogen-bond donors (Lipinski definition) is 2. The number of hydrogen-bond acceptors (Lipinski definition) is 4. The highest BCUT2D eigenvalue weighted by Gasteiger charge is 2.05. The quantitative estimate of drug-likeness (QED) is 0.358. The summed E-state index contributed by atoms with van der Waals surface area (Å²) in [6.45, 7) is 0. The first-order valence-electron chi connectivity index (χ1n) is 5.15. The molecule has 0 radical (unpaired) electrons. The lowest BCUT2D eigenvalue weighted by atomic mass is 10.3. The molecule has 6 heteroatoms. The van der Waals surface area contributed by atoms with E-state index >= 15 is 0 Å². The molecule has 3 N–H and O–H groups in total. The van der Waals surface area contributed by atoms with Crippen molar-refractivity contribution < 1.29 is 8.42 Å². The van der Waals surface area contributed by atoms with E-state index < -0.39 is 9.84 Å². The normalized spacial score (nSPS) is 11.4. The summed E-state index contributed by atoms with van der Waals surface area (Å²) >= 11 is 1.63. The number of amidine groups is 1. The lowest BCUT2D eigenvalue weighted by molar-refractivity contribution is 0.602. The van der Waals surface area contributed by atoms with Crippen molar-refractivity contribution in [3.05, 3.63) is 24.3 Å². The van der Waals surface area contributed by atoms with E-state index in [1.807, 2.05) is 0 Å². The molecule has 0 saturated carbocycles. The van der Waals surface area contributed by atoms with Gasteiger partial charge in [-0.15, -0.1) is 11.8 Å². The topological polar surface area (TPSA) is 84.0 Å². The molecule has 1 rings (SSSR count). The number of thioether (sulfide) groups is 1. The molecular weight excluding hydrogens is 256 g/mol. The molecule has 0 aliphatic heterocycles. The van der Waals surface area contributed by atoms with Crippen LogP contribution in [0, 0.1) is 5.41 Å². The van der Waals surface area contributed by atoms with Crippen LogP contribution in [0.25, 0.3) is 0 Å². The van der Waals surface area contributed by atoms with Gasteiger partial charge in [0.2, 0.25) is 0 Å². The van der Waals surface area contributed by atoms with Gasteiger partial charge in [-0.05, 0) is 36.4 Å². The van der Waals surface area contributed by atoms with Gasteiger partial charge in [-0.3, -0.25) is 5.41 Å². The monoisotopic (exact) mass is 272 g/mol. The van der Waals surface area contributed by atoms with Gasteiger partial charge < -0.3 is 5.73 Å². The van der Waals surface area contributed by atoms with E-state index in [2.05, 4.69) is 0 Å². The molecule has 0 aliphatic carbocycles. The highest BCUT2D eigenvalue weighted by atomic mass is 32.2. The zero-order chi connectivity index (χ0) is 12.9. The van der Waals surface area contributed by atoms with Crippen LogP contribution < -0.4 is 5.73 Å². The summed E-state index contributed by atoms with van der Waals surface area (Å²) in [7, 11) is -3.11. The number of nitrogens with two attached hydrogens (primary N) is 1. The molecular formula is C11H16N2O2S2. The Morgan fingerprint density at radius 1 is 1.35 bits per heavy atom. The van der Waals surface area contributed by atoms with Crippen molar-refractivity contribution in [1.29, 1.82) is 5.41 Å². The fourth-order valence-electron chi connectivity index (χ4n) is 1.24. The molecule has 0 fully saturated rings. The second-order valence-electron chi connectivity index (χ2n) is 3.72. The molecule has 0 atom stereocenters. The number of benzene rings is 1. The molecule has 0 unspecified atom stereocenters.